The van der Waals surface area contributed by atoms with Gasteiger partial charge in [-0.05, 0) is 58.6 Å². The van der Waals surface area contributed by atoms with Gasteiger partial charge in [0.05, 0.1) is 4.21 Å². The molecule has 0 saturated heterocycles. The van der Waals surface area contributed by atoms with Gasteiger partial charge in [0.15, 0.2) is 0 Å². The quantitative estimate of drug-likeness (QED) is 0.443. The summed E-state index contributed by atoms with van der Waals surface area (Å²) in [5, 5.41) is 12.0. The first kappa shape index (κ1) is 21.1. The number of carboxylic acids is 1. The maximum atomic E-state index is 12.2. The zero-order chi connectivity index (χ0) is 19.9. The first-order valence-electron chi connectivity index (χ1n) is 9.28. The van der Waals surface area contributed by atoms with Gasteiger partial charge < -0.3 is 10.4 Å². The predicted molar refractivity (Wildman–Crippen MR) is 118 cm³/mol. The molecule has 0 bridgehead atoms. The smallest absolute Gasteiger partial charge is 0.352 e. The topological polar surface area (TPSA) is 66.4 Å². The van der Waals surface area contributed by atoms with Gasteiger partial charge in [-0.25, -0.2) is 4.79 Å². The highest BCUT2D eigenvalue weighted by atomic mass is 79.9. The van der Waals surface area contributed by atoms with Gasteiger partial charge in [0, 0.05) is 20.7 Å². The molecular weight excluding hydrogens is 458 g/mol. The molecule has 1 fully saturated rings. The second-order valence-corrected chi connectivity index (χ2v) is 10.1. The van der Waals surface area contributed by atoms with E-state index in [1.165, 1.54) is 43.1 Å². The van der Waals surface area contributed by atoms with Crippen LogP contribution in [0.25, 0.3) is 6.08 Å². The minimum absolute atomic E-state index is 0.0734. The van der Waals surface area contributed by atoms with Crippen LogP contribution in [0.5, 0.6) is 0 Å². The Labute approximate surface area is 181 Å². The normalized spacial score (nSPS) is 15.0. The van der Waals surface area contributed by atoms with Crippen molar-refractivity contribution < 1.29 is 14.7 Å². The van der Waals surface area contributed by atoms with Crippen LogP contribution < -0.4 is 5.32 Å². The molecule has 7 heteroatoms. The van der Waals surface area contributed by atoms with E-state index in [1.807, 2.05) is 36.4 Å². The van der Waals surface area contributed by atoms with Crippen LogP contribution in [-0.4, -0.2) is 17.0 Å². The zero-order valence-electron chi connectivity index (χ0n) is 15.3. The second-order valence-electron chi connectivity index (χ2n) is 6.79. The summed E-state index contributed by atoms with van der Waals surface area (Å²) < 4.78 is 2.07. The largest absolute Gasteiger partial charge is 0.477 e. The highest BCUT2D eigenvalue weighted by molar-refractivity contribution is 9.10. The van der Waals surface area contributed by atoms with Gasteiger partial charge in [-0.2, -0.15) is 0 Å². The molecule has 0 atom stereocenters. The Morgan fingerprint density at radius 3 is 2.68 bits per heavy atom. The molecule has 4 nitrogen and oxygen atoms in total. The Hall–Kier alpha value is -1.57. The van der Waals surface area contributed by atoms with E-state index in [0.717, 1.165) is 24.9 Å². The van der Waals surface area contributed by atoms with E-state index in [4.69, 9.17) is 0 Å². The van der Waals surface area contributed by atoms with E-state index in [0.29, 0.717) is 12.3 Å². The molecule has 1 amide bonds. The number of hydrogen-bond donors (Lipinski definition) is 2. The number of carbonyl (C=O) groups excluding carboxylic acids is 1. The lowest BCUT2D eigenvalue weighted by Crippen LogP contribution is -2.27. The van der Waals surface area contributed by atoms with Gasteiger partial charge in [0.25, 0.3) is 0 Å². The van der Waals surface area contributed by atoms with Crippen LogP contribution in [0.15, 0.2) is 55.7 Å². The Morgan fingerprint density at radius 2 is 1.96 bits per heavy atom. The Balaban J connectivity index is 1.62. The first-order chi connectivity index (χ1) is 13.5. The third-order valence-electron chi connectivity index (χ3n) is 4.69. The van der Waals surface area contributed by atoms with Crippen LogP contribution >= 0.6 is 39.0 Å². The molecule has 1 aromatic carbocycles. The molecular formula is C21H22BrNO3S2. The predicted octanol–water partition coefficient (Wildman–Crippen LogP) is 6.17. The summed E-state index contributed by atoms with van der Waals surface area (Å²) in [6, 6.07) is 11.8. The minimum atomic E-state index is -1.12. The number of hydrogen-bond acceptors (Lipinski definition) is 4. The highest BCUT2D eigenvalue weighted by Gasteiger charge is 2.18. The molecule has 28 heavy (non-hydrogen) atoms. The monoisotopic (exact) mass is 479 g/mol. The third-order valence-corrected chi connectivity index (χ3v) is 7.89. The Bertz CT molecular complexity index is 872. The lowest BCUT2D eigenvalue weighted by atomic mass is 10.0. The summed E-state index contributed by atoms with van der Waals surface area (Å²) in [5.41, 5.74) is -0.0734. The number of benzene rings is 1. The summed E-state index contributed by atoms with van der Waals surface area (Å²) in [6.07, 6.45) is 7.59. The number of halogens is 1. The lowest BCUT2D eigenvalue weighted by molar-refractivity contribution is -0.134. The molecule has 2 aromatic rings. The molecule has 1 aromatic heterocycles. The number of carboxylic acid groups (broad SMARTS) is 1. The summed E-state index contributed by atoms with van der Waals surface area (Å²) in [7, 11) is 0. The van der Waals surface area contributed by atoms with E-state index >= 15 is 0 Å². The fourth-order valence-electron chi connectivity index (χ4n) is 3.24. The van der Waals surface area contributed by atoms with Crippen molar-refractivity contribution in [1.82, 2.24) is 5.32 Å². The zero-order valence-corrected chi connectivity index (χ0v) is 18.5. The molecule has 2 N–H and O–H groups in total. The van der Waals surface area contributed by atoms with Crippen LogP contribution in [0.4, 0.5) is 0 Å². The van der Waals surface area contributed by atoms with Crippen molar-refractivity contribution in [3.63, 3.8) is 0 Å². The Morgan fingerprint density at radius 1 is 1.21 bits per heavy atom. The van der Waals surface area contributed by atoms with E-state index in [-0.39, 0.29) is 11.6 Å². The van der Waals surface area contributed by atoms with Crippen molar-refractivity contribution in [2.75, 3.05) is 0 Å². The molecule has 3 rings (SSSR count). The average molecular weight is 480 g/mol. The lowest BCUT2D eigenvalue weighted by Gasteiger charge is -2.09. The summed E-state index contributed by atoms with van der Waals surface area (Å²) in [4.78, 5) is 25.6. The average Bonchev–Trinajstić information content (AvgIpc) is 3.33. The summed E-state index contributed by atoms with van der Waals surface area (Å²) in [5.74, 6) is -0.736. The summed E-state index contributed by atoms with van der Waals surface area (Å²) in [6.45, 7) is 0. The van der Waals surface area contributed by atoms with Gasteiger partial charge in [-0.15, -0.1) is 11.3 Å². The first-order valence-corrected chi connectivity index (χ1v) is 11.7. The number of thiophene rings is 1. The van der Waals surface area contributed by atoms with E-state index in [2.05, 4.69) is 21.2 Å². The molecule has 1 aliphatic carbocycles. The summed E-state index contributed by atoms with van der Waals surface area (Å²) >= 11 is 6.64. The van der Waals surface area contributed by atoms with Gasteiger partial charge in [0.1, 0.15) is 5.70 Å². The van der Waals surface area contributed by atoms with Gasteiger partial charge >= 0.3 is 5.97 Å². The maximum Gasteiger partial charge on any atom is 0.352 e. The number of aliphatic carboxylic acids is 1. The maximum absolute atomic E-state index is 12.2. The highest BCUT2D eigenvalue weighted by Crippen LogP contribution is 2.37. The van der Waals surface area contributed by atoms with Gasteiger partial charge in [-0.1, -0.05) is 49.6 Å². The van der Waals surface area contributed by atoms with Crippen molar-refractivity contribution in [2.24, 2.45) is 5.92 Å². The molecule has 0 radical (unpaired) electrons. The second kappa shape index (κ2) is 10.3. The molecule has 0 aliphatic heterocycles. The Kier molecular flexibility index (Phi) is 7.76. The van der Waals surface area contributed by atoms with Crippen LogP contribution in [0.1, 0.15) is 43.4 Å². The molecule has 1 saturated carbocycles. The molecule has 1 heterocycles. The van der Waals surface area contributed by atoms with Crippen molar-refractivity contribution >= 4 is 57.0 Å². The standard InChI is InChI=1S/C21H22BrNO3S2/c22-16-7-3-4-8-18(16)28-20-12-10-15(27-20)13-17(21(25)26)23-19(24)11-9-14-5-1-2-6-14/h3-4,7-8,10,12-14H,1-2,5-6,9,11H2,(H,23,24)(H,25,26). The van der Waals surface area contributed by atoms with Crippen LogP contribution in [-0.2, 0) is 9.59 Å². The third kappa shape index (κ3) is 6.22. The number of rotatable bonds is 8. The van der Waals surface area contributed by atoms with E-state index < -0.39 is 5.97 Å². The number of carbonyl (C=O) groups is 2. The van der Waals surface area contributed by atoms with Crippen LogP contribution in [0, 0.1) is 5.92 Å². The van der Waals surface area contributed by atoms with E-state index in [1.54, 1.807) is 11.8 Å². The number of amides is 1. The molecule has 0 unspecified atom stereocenters. The fraction of sp³-hybridized carbons (Fsp3) is 0.333. The number of nitrogens with one attached hydrogen (secondary N) is 1. The van der Waals surface area contributed by atoms with Crippen molar-refractivity contribution in [3.05, 3.63) is 51.4 Å². The van der Waals surface area contributed by atoms with Crippen LogP contribution in [0.2, 0.25) is 0 Å². The van der Waals surface area contributed by atoms with Crippen molar-refractivity contribution in [2.45, 2.75) is 47.6 Å². The van der Waals surface area contributed by atoms with Crippen molar-refractivity contribution in [3.8, 4) is 0 Å². The SMILES string of the molecule is O=C(CCC1CCCC1)NC(=Cc1ccc(Sc2ccccc2Br)s1)C(=O)O. The molecule has 1 aliphatic rings. The molecule has 0 spiro atoms. The van der Waals surface area contributed by atoms with Gasteiger partial charge in [-0.3, -0.25) is 4.79 Å². The minimum Gasteiger partial charge on any atom is -0.477 e. The fourth-order valence-corrected chi connectivity index (χ4v) is 5.84. The van der Waals surface area contributed by atoms with Gasteiger partial charge in [0.2, 0.25) is 5.91 Å². The van der Waals surface area contributed by atoms with E-state index in [9.17, 15) is 14.7 Å². The van der Waals surface area contributed by atoms with Crippen LogP contribution in [0.3, 0.4) is 0 Å². The molecule has 148 valence electrons. The van der Waals surface area contributed by atoms with Crippen molar-refractivity contribution in [1.29, 1.82) is 0 Å².